The highest BCUT2D eigenvalue weighted by Gasteiger charge is 2.29. The summed E-state index contributed by atoms with van der Waals surface area (Å²) in [7, 11) is 1.53. The Labute approximate surface area is 220 Å². The minimum Gasteiger partial charge on any atom is -0.491 e. The fourth-order valence-corrected chi connectivity index (χ4v) is 4.69. The second kappa shape index (κ2) is 11.5. The van der Waals surface area contributed by atoms with Gasteiger partial charge in [0.25, 0.3) is 0 Å². The fraction of sp³-hybridized carbons (Fsp3) is 0.357. The van der Waals surface area contributed by atoms with Crippen molar-refractivity contribution in [3.05, 3.63) is 65.8 Å². The van der Waals surface area contributed by atoms with Crippen LogP contribution >= 0.6 is 0 Å². The molecular weight excluding hydrogens is 486 g/mol. The Morgan fingerprint density at radius 1 is 1.13 bits per heavy atom. The van der Waals surface area contributed by atoms with Gasteiger partial charge in [0, 0.05) is 25.4 Å². The van der Waals surface area contributed by atoms with Gasteiger partial charge in [-0.25, -0.2) is 9.97 Å². The number of benzene rings is 2. The minimum absolute atomic E-state index is 0.00491. The number of fused-ring (bicyclic) bond motifs is 1. The lowest BCUT2D eigenvalue weighted by molar-refractivity contribution is -0.136. The van der Waals surface area contributed by atoms with Crippen LogP contribution in [0.15, 0.2) is 53.3 Å². The molecule has 38 heavy (non-hydrogen) atoms. The van der Waals surface area contributed by atoms with E-state index in [1.807, 2.05) is 61.2 Å². The average molecular weight is 518 g/mol. The monoisotopic (exact) mass is 517 g/mol. The molecule has 1 fully saturated rings. The van der Waals surface area contributed by atoms with Crippen LogP contribution in [0.2, 0.25) is 0 Å². The predicted octanol–water partition coefficient (Wildman–Crippen LogP) is 4.57. The smallest absolute Gasteiger partial charge is 0.248 e. The highest BCUT2D eigenvalue weighted by molar-refractivity contribution is 5.95. The predicted molar refractivity (Wildman–Crippen MR) is 142 cm³/mol. The Hall–Kier alpha value is -4.18. The van der Waals surface area contributed by atoms with Gasteiger partial charge in [0.1, 0.15) is 54.9 Å². The van der Waals surface area contributed by atoms with E-state index < -0.39 is 0 Å². The Morgan fingerprint density at radius 2 is 2.03 bits per heavy atom. The van der Waals surface area contributed by atoms with Gasteiger partial charge in [-0.15, -0.1) is 0 Å². The molecule has 1 N–H and O–H groups in total. The van der Waals surface area contributed by atoms with Crippen LogP contribution in [0.1, 0.15) is 29.9 Å². The number of amides is 1. The van der Waals surface area contributed by atoms with Gasteiger partial charge < -0.3 is 29.0 Å². The van der Waals surface area contributed by atoms with Crippen LogP contribution in [0, 0.1) is 13.8 Å². The maximum absolute atomic E-state index is 12.4. The van der Waals surface area contributed by atoms with Crippen molar-refractivity contribution in [1.29, 1.82) is 0 Å². The molecule has 198 valence electrons. The zero-order valence-corrected chi connectivity index (χ0v) is 21.8. The highest BCUT2D eigenvalue weighted by atomic mass is 16.5. The summed E-state index contributed by atoms with van der Waals surface area (Å²) in [5.41, 5.74) is 3.33. The topological polar surface area (TPSA) is 112 Å². The number of anilines is 2. The molecule has 1 atom stereocenters. The lowest BCUT2D eigenvalue weighted by Crippen LogP contribution is -2.40. The summed E-state index contributed by atoms with van der Waals surface area (Å²) >= 11 is 0. The number of carbonyl (C=O) groups is 1. The van der Waals surface area contributed by atoms with Gasteiger partial charge >= 0.3 is 0 Å². The third-order valence-corrected chi connectivity index (χ3v) is 6.51. The molecule has 10 nitrogen and oxygen atoms in total. The van der Waals surface area contributed by atoms with E-state index in [1.54, 1.807) is 0 Å². The highest BCUT2D eigenvalue weighted by Crippen LogP contribution is 2.33. The third-order valence-electron chi connectivity index (χ3n) is 6.51. The van der Waals surface area contributed by atoms with Crippen molar-refractivity contribution in [3.8, 4) is 11.5 Å². The number of aromatic nitrogens is 3. The van der Waals surface area contributed by atoms with Crippen molar-refractivity contribution in [2.75, 3.05) is 32.2 Å². The number of likely N-dealkylation sites (tertiary alicyclic amines) is 1. The number of hydrogen-bond acceptors (Lipinski definition) is 9. The van der Waals surface area contributed by atoms with E-state index in [4.69, 9.17) is 18.7 Å². The lowest BCUT2D eigenvalue weighted by Gasteiger charge is -2.25. The molecule has 1 aliphatic heterocycles. The van der Waals surface area contributed by atoms with E-state index in [2.05, 4.69) is 20.4 Å². The van der Waals surface area contributed by atoms with Gasteiger partial charge in [-0.05, 0) is 62.6 Å². The Balaban J connectivity index is 1.32. The van der Waals surface area contributed by atoms with Crippen molar-refractivity contribution in [3.63, 3.8) is 0 Å². The molecule has 0 spiro atoms. The number of ether oxygens (including phenoxy) is 3. The number of rotatable bonds is 10. The molecular formula is C28H31N5O5. The van der Waals surface area contributed by atoms with Crippen LogP contribution in [-0.2, 0) is 16.1 Å². The third kappa shape index (κ3) is 5.70. The van der Waals surface area contributed by atoms with Gasteiger partial charge in [0.15, 0.2) is 0 Å². The number of methoxy groups -OCH3 is 1. The normalized spacial score (nSPS) is 15.1. The summed E-state index contributed by atoms with van der Waals surface area (Å²) in [6.45, 7) is 5.35. The summed E-state index contributed by atoms with van der Waals surface area (Å²) in [5, 5.41) is 8.16. The molecule has 2 aromatic heterocycles. The molecule has 0 aliphatic carbocycles. The van der Waals surface area contributed by atoms with Crippen LogP contribution < -0.4 is 14.8 Å². The minimum atomic E-state index is -0.0128. The van der Waals surface area contributed by atoms with E-state index in [0.29, 0.717) is 24.8 Å². The molecule has 1 amide bonds. The molecule has 5 rings (SSSR count). The zero-order valence-electron chi connectivity index (χ0n) is 21.8. The second-order valence-corrected chi connectivity index (χ2v) is 9.32. The van der Waals surface area contributed by atoms with Crippen molar-refractivity contribution in [2.45, 2.75) is 39.3 Å². The second-order valence-electron chi connectivity index (χ2n) is 9.32. The standard InChI is InChI=1S/C28H31N5O5/c1-18-12-20(9-10-24(18)36-14-21-13-19(2)38-32-21)31-28-27-23(29-17-30-28)7-4-8-25(27)37-15-22-6-5-11-33(22)26(34)16-35-3/h4,7-10,12-13,17,22H,5-6,11,14-16H2,1-3H3,(H,29,30,31)/t22-/m1/s1. The van der Waals surface area contributed by atoms with Gasteiger partial charge in [-0.1, -0.05) is 11.2 Å². The van der Waals surface area contributed by atoms with Gasteiger partial charge in [0.05, 0.1) is 16.9 Å². The molecule has 0 saturated carbocycles. The van der Waals surface area contributed by atoms with Crippen molar-refractivity contribution < 1.29 is 23.5 Å². The summed E-state index contributed by atoms with van der Waals surface area (Å²) < 4.78 is 22.3. The Bertz CT molecular complexity index is 1420. The number of nitrogens with one attached hydrogen (secondary N) is 1. The van der Waals surface area contributed by atoms with E-state index in [-0.39, 0.29) is 18.6 Å². The molecule has 2 aromatic carbocycles. The fourth-order valence-electron chi connectivity index (χ4n) is 4.69. The molecule has 0 bridgehead atoms. The SMILES string of the molecule is COCC(=O)N1CCC[C@@H]1COc1cccc2ncnc(Nc3ccc(OCc4cc(C)on4)c(C)c3)c12. The van der Waals surface area contributed by atoms with E-state index in [1.165, 1.54) is 13.4 Å². The van der Waals surface area contributed by atoms with Crippen LogP contribution in [0.25, 0.3) is 10.9 Å². The van der Waals surface area contributed by atoms with E-state index in [0.717, 1.165) is 58.7 Å². The van der Waals surface area contributed by atoms with E-state index >= 15 is 0 Å². The zero-order chi connectivity index (χ0) is 26.5. The maximum Gasteiger partial charge on any atom is 0.248 e. The molecule has 1 aliphatic rings. The summed E-state index contributed by atoms with van der Waals surface area (Å²) in [6, 6.07) is 13.4. The van der Waals surface area contributed by atoms with E-state index in [9.17, 15) is 4.79 Å². The first kappa shape index (κ1) is 25.5. The molecule has 4 aromatic rings. The maximum atomic E-state index is 12.4. The lowest BCUT2D eigenvalue weighted by atomic mass is 10.1. The Morgan fingerprint density at radius 3 is 2.82 bits per heavy atom. The van der Waals surface area contributed by atoms with Crippen molar-refractivity contribution in [1.82, 2.24) is 20.0 Å². The average Bonchev–Trinajstić information content (AvgIpc) is 3.56. The van der Waals surface area contributed by atoms with Crippen LogP contribution in [0.5, 0.6) is 11.5 Å². The number of nitrogens with zero attached hydrogens (tertiary/aromatic N) is 4. The summed E-state index contributed by atoms with van der Waals surface area (Å²) in [4.78, 5) is 23.2. The summed E-state index contributed by atoms with van der Waals surface area (Å²) in [5.74, 6) is 2.80. The number of aryl methyl sites for hydroxylation is 2. The van der Waals surface area contributed by atoms with Crippen LogP contribution in [0.3, 0.4) is 0 Å². The first-order chi connectivity index (χ1) is 18.5. The molecule has 0 radical (unpaired) electrons. The first-order valence-electron chi connectivity index (χ1n) is 12.6. The summed E-state index contributed by atoms with van der Waals surface area (Å²) in [6.07, 6.45) is 3.37. The molecule has 0 unspecified atom stereocenters. The molecule has 10 heteroatoms. The number of carbonyl (C=O) groups excluding carboxylic acids is 1. The van der Waals surface area contributed by atoms with Gasteiger partial charge in [0.2, 0.25) is 5.91 Å². The quantitative estimate of drug-likeness (QED) is 0.323. The molecule has 3 heterocycles. The van der Waals surface area contributed by atoms with Crippen LogP contribution in [-0.4, -0.2) is 58.8 Å². The largest absolute Gasteiger partial charge is 0.491 e. The van der Waals surface area contributed by atoms with Crippen molar-refractivity contribution >= 4 is 28.3 Å². The number of hydrogen-bond donors (Lipinski definition) is 1. The van der Waals surface area contributed by atoms with Crippen molar-refractivity contribution in [2.24, 2.45) is 0 Å². The van der Waals surface area contributed by atoms with Gasteiger partial charge in [-0.2, -0.15) is 0 Å². The molecule has 1 saturated heterocycles. The van der Waals surface area contributed by atoms with Crippen LogP contribution in [0.4, 0.5) is 11.5 Å². The Kier molecular flexibility index (Phi) is 7.69. The van der Waals surface area contributed by atoms with Gasteiger partial charge in [-0.3, -0.25) is 4.79 Å². The first-order valence-corrected chi connectivity index (χ1v) is 12.6.